The molecule has 1 aliphatic rings. The lowest BCUT2D eigenvalue weighted by molar-refractivity contribution is 0.171. The molecule has 1 atom stereocenters. The Hall–Kier alpha value is -2.27. The first-order valence-corrected chi connectivity index (χ1v) is 8.07. The van der Waals surface area contributed by atoms with Gasteiger partial charge in [-0.1, -0.05) is 24.3 Å². The zero-order valence-corrected chi connectivity index (χ0v) is 14.1. The fraction of sp³-hybridized carbons (Fsp3) is 0.278. The molecule has 23 heavy (non-hydrogen) atoms. The summed E-state index contributed by atoms with van der Waals surface area (Å²) in [6, 6.07) is 14.2. The second-order valence-corrected chi connectivity index (χ2v) is 5.94. The van der Waals surface area contributed by atoms with Gasteiger partial charge in [-0.3, -0.25) is 0 Å². The van der Waals surface area contributed by atoms with Gasteiger partial charge in [-0.25, -0.2) is 0 Å². The van der Waals surface area contributed by atoms with E-state index >= 15 is 0 Å². The molecule has 2 aromatic carbocycles. The molecule has 2 aromatic rings. The summed E-state index contributed by atoms with van der Waals surface area (Å²) in [6.45, 7) is 5.36. The van der Waals surface area contributed by atoms with E-state index in [1.807, 2.05) is 30.3 Å². The number of benzene rings is 2. The number of hydrogen-bond donors (Lipinski definition) is 2. The number of ether oxygens (including phenoxy) is 2. The largest absolute Gasteiger partial charge is 0.486 e. The van der Waals surface area contributed by atoms with E-state index in [1.54, 1.807) is 0 Å². The van der Waals surface area contributed by atoms with Crippen LogP contribution in [0.5, 0.6) is 11.5 Å². The molecule has 0 aromatic heterocycles. The van der Waals surface area contributed by atoms with E-state index in [9.17, 15) is 0 Å². The molecule has 4 nitrogen and oxygen atoms in total. The predicted molar refractivity (Wildman–Crippen MR) is 96.4 cm³/mol. The van der Waals surface area contributed by atoms with Crippen molar-refractivity contribution in [1.29, 1.82) is 0 Å². The molecule has 0 spiro atoms. The summed E-state index contributed by atoms with van der Waals surface area (Å²) < 4.78 is 11.1. The number of hydrogen-bond acceptors (Lipinski definition) is 3. The van der Waals surface area contributed by atoms with Gasteiger partial charge < -0.3 is 20.1 Å². The SMILES string of the molecule is Cc1ccccc1[C@@H](C)NC(=S)Nc1ccc2c(c1)OCCO2. The van der Waals surface area contributed by atoms with Gasteiger partial charge in [-0.2, -0.15) is 0 Å². The van der Waals surface area contributed by atoms with Gasteiger partial charge >= 0.3 is 0 Å². The topological polar surface area (TPSA) is 42.5 Å². The summed E-state index contributed by atoms with van der Waals surface area (Å²) in [4.78, 5) is 0. The molecule has 3 rings (SSSR count). The first-order chi connectivity index (χ1) is 11.1. The predicted octanol–water partition coefficient (Wildman–Crippen LogP) is 3.81. The molecule has 0 saturated carbocycles. The molecule has 120 valence electrons. The zero-order valence-electron chi connectivity index (χ0n) is 13.3. The van der Waals surface area contributed by atoms with E-state index in [0.717, 1.165) is 17.2 Å². The van der Waals surface area contributed by atoms with Crippen LogP contribution in [0.25, 0.3) is 0 Å². The van der Waals surface area contributed by atoms with Crippen molar-refractivity contribution in [3.8, 4) is 11.5 Å². The summed E-state index contributed by atoms with van der Waals surface area (Å²) >= 11 is 5.42. The lowest BCUT2D eigenvalue weighted by Gasteiger charge is -2.21. The highest BCUT2D eigenvalue weighted by molar-refractivity contribution is 7.80. The number of anilines is 1. The Morgan fingerprint density at radius 3 is 2.61 bits per heavy atom. The Bertz CT molecular complexity index is 718. The molecule has 1 aliphatic heterocycles. The summed E-state index contributed by atoms with van der Waals surface area (Å²) in [5.74, 6) is 1.52. The van der Waals surface area contributed by atoms with Gasteiger partial charge in [-0.05, 0) is 49.3 Å². The van der Waals surface area contributed by atoms with Crippen LogP contribution in [-0.2, 0) is 0 Å². The Kier molecular flexibility index (Phi) is 4.67. The molecule has 5 heteroatoms. The van der Waals surface area contributed by atoms with Gasteiger partial charge in [0.15, 0.2) is 16.6 Å². The molecule has 0 bridgehead atoms. The standard InChI is InChI=1S/C18H20N2O2S/c1-12-5-3-4-6-15(12)13(2)19-18(23)20-14-7-8-16-17(11-14)22-10-9-21-16/h3-8,11,13H,9-10H2,1-2H3,(H2,19,20,23)/t13-/m1/s1. The molecule has 0 fully saturated rings. The van der Waals surface area contributed by atoms with E-state index in [-0.39, 0.29) is 6.04 Å². The van der Waals surface area contributed by atoms with E-state index in [2.05, 4.69) is 36.6 Å². The summed E-state index contributed by atoms with van der Waals surface area (Å²) in [6.07, 6.45) is 0. The van der Waals surface area contributed by atoms with E-state index < -0.39 is 0 Å². The molecule has 0 saturated heterocycles. The molecule has 0 radical (unpaired) electrons. The zero-order chi connectivity index (χ0) is 16.2. The van der Waals surface area contributed by atoms with Gasteiger partial charge in [-0.15, -0.1) is 0 Å². The van der Waals surface area contributed by atoms with Crippen LogP contribution in [0.3, 0.4) is 0 Å². The summed E-state index contributed by atoms with van der Waals surface area (Å²) in [5, 5.41) is 7.09. The van der Waals surface area contributed by atoms with Crippen molar-refractivity contribution in [3.05, 3.63) is 53.6 Å². The monoisotopic (exact) mass is 328 g/mol. The number of thiocarbonyl (C=S) groups is 1. The van der Waals surface area contributed by atoms with Crippen molar-refractivity contribution in [2.75, 3.05) is 18.5 Å². The smallest absolute Gasteiger partial charge is 0.171 e. The minimum Gasteiger partial charge on any atom is -0.486 e. The molecule has 0 unspecified atom stereocenters. The van der Waals surface area contributed by atoms with Crippen LogP contribution in [0.2, 0.25) is 0 Å². The Morgan fingerprint density at radius 2 is 1.83 bits per heavy atom. The van der Waals surface area contributed by atoms with Crippen molar-refractivity contribution in [2.24, 2.45) is 0 Å². The number of aryl methyl sites for hydroxylation is 1. The van der Waals surface area contributed by atoms with E-state index in [0.29, 0.717) is 18.3 Å². The van der Waals surface area contributed by atoms with E-state index in [1.165, 1.54) is 11.1 Å². The maximum Gasteiger partial charge on any atom is 0.171 e. The van der Waals surface area contributed by atoms with Crippen LogP contribution in [0.4, 0.5) is 5.69 Å². The fourth-order valence-corrected chi connectivity index (χ4v) is 2.93. The highest BCUT2D eigenvalue weighted by atomic mass is 32.1. The molecule has 0 amide bonds. The van der Waals surface area contributed by atoms with Gasteiger partial charge in [0.05, 0.1) is 6.04 Å². The minimum absolute atomic E-state index is 0.133. The first kappa shape index (κ1) is 15.6. The highest BCUT2D eigenvalue weighted by Crippen LogP contribution is 2.32. The third-order valence-corrected chi connectivity index (χ3v) is 4.02. The van der Waals surface area contributed by atoms with Crippen LogP contribution in [0.15, 0.2) is 42.5 Å². The summed E-state index contributed by atoms with van der Waals surface area (Å²) in [7, 11) is 0. The maximum absolute atomic E-state index is 5.58. The average Bonchev–Trinajstić information content (AvgIpc) is 2.55. The number of rotatable bonds is 3. The lowest BCUT2D eigenvalue weighted by Crippen LogP contribution is -2.31. The third kappa shape index (κ3) is 3.74. The van der Waals surface area contributed by atoms with Crippen LogP contribution in [0, 0.1) is 6.92 Å². The Labute approximate surface area is 141 Å². The maximum atomic E-state index is 5.58. The third-order valence-electron chi connectivity index (χ3n) is 3.80. The van der Waals surface area contributed by atoms with Crippen molar-refractivity contribution in [1.82, 2.24) is 5.32 Å². The van der Waals surface area contributed by atoms with Crippen LogP contribution >= 0.6 is 12.2 Å². The molecule has 0 aliphatic carbocycles. The summed E-state index contributed by atoms with van der Waals surface area (Å²) in [5.41, 5.74) is 3.36. The van der Waals surface area contributed by atoms with Crippen molar-refractivity contribution in [3.63, 3.8) is 0 Å². The van der Waals surface area contributed by atoms with Gasteiger partial charge in [0, 0.05) is 11.8 Å². The van der Waals surface area contributed by atoms with Gasteiger partial charge in [0.25, 0.3) is 0 Å². The second-order valence-electron chi connectivity index (χ2n) is 5.54. The van der Waals surface area contributed by atoms with Gasteiger partial charge in [0.2, 0.25) is 0 Å². The van der Waals surface area contributed by atoms with Gasteiger partial charge in [0.1, 0.15) is 13.2 Å². The Morgan fingerprint density at radius 1 is 1.09 bits per heavy atom. The van der Waals surface area contributed by atoms with E-state index in [4.69, 9.17) is 21.7 Å². The van der Waals surface area contributed by atoms with Crippen molar-refractivity contribution >= 4 is 23.0 Å². The molecular weight excluding hydrogens is 308 g/mol. The second kappa shape index (κ2) is 6.87. The van der Waals surface area contributed by atoms with Crippen molar-refractivity contribution < 1.29 is 9.47 Å². The Balaban J connectivity index is 1.64. The average molecular weight is 328 g/mol. The quantitative estimate of drug-likeness (QED) is 0.839. The molecular formula is C18H20N2O2S. The molecule has 1 heterocycles. The normalized spacial score (nSPS) is 14.0. The fourth-order valence-electron chi connectivity index (χ4n) is 2.64. The lowest BCUT2D eigenvalue weighted by atomic mass is 10.0. The van der Waals surface area contributed by atoms with Crippen LogP contribution in [-0.4, -0.2) is 18.3 Å². The highest BCUT2D eigenvalue weighted by Gasteiger charge is 2.13. The number of fused-ring (bicyclic) bond motifs is 1. The van der Waals surface area contributed by atoms with Crippen LogP contribution in [0.1, 0.15) is 24.1 Å². The van der Waals surface area contributed by atoms with Crippen LogP contribution < -0.4 is 20.1 Å². The minimum atomic E-state index is 0.133. The van der Waals surface area contributed by atoms with Crippen molar-refractivity contribution in [2.45, 2.75) is 19.9 Å². The number of nitrogens with one attached hydrogen (secondary N) is 2. The first-order valence-electron chi connectivity index (χ1n) is 7.66. The molecule has 2 N–H and O–H groups in total.